The Bertz CT molecular complexity index is 581. The Morgan fingerprint density at radius 2 is 2.21 bits per heavy atom. The summed E-state index contributed by atoms with van der Waals surface area (Å²) in [6.45, 7) is 1.85. The molecule has 1 heterocycles. The smallest absolute Gasteiger partial charge is 0.119 e. The number of aromatic nitrogens is 2. The third-order valence-electron chi connectivity index (χ3n) is 3.13. The van der Waals surface area contributed by atoms with Crippen LogP contribution in [0.1, 0.15) is 23.1 Å². The van der Waals surface area contributed by atoms with E-state index in [0.717, 1.165) is 22.7 Å². The largest absolute Gasteiger partial charge is 0.497 e. The molecule has 2 aromatic rings. The van der Waals surface area contributed by atoms with Gasteiger partial charge in [0, 0.05) is 13.5 Å². The molecule has 1 aromatic carbocycles. The average Bonchev–Trinajstić information content (AvgIpc) is 2.65. The lowest BCUT2D eigenvalue weighted by Gasteiger charge is -2.12. The molecule has 0 fully saturated rings. The maximum absolute atomic E-state index is 10.3. The number of halogens is 1. The maximum atomic E-state index is 10.3. The van der Waals surface area contributed by atoms with E-state index in [4.69, 9.17) is 16.3 Å². The van der Waals surface area contributed by atoms with Crippen LogP contribution < -0.4 is 4.74 Å². The van der Waals surface area contributed by atoms with Crippen LogP contribution in [0.3, 0.4) is 0 Å². The van der Waals surface area contributed by atoms with Crippen molar-refractivity contribution < 1.29 is 9.84 Å². The molecule has 0 aliphatic heterocycles. The van der Waals surface area contributed by atoms with Crippen LogP contribution in [-0.2, 0) is 13.5 Å². The number of methoxy groups -OCH3 is 1. The number of hydrogen-bond donors (Lipinski definition) is 1. The fourth-order valence-corrected chi connectivity index (χ4v) is 2.29. The highest BCUT2D eigenvalue weighted by Crippen LogP contribution is 2.27. The Morgan fingerprint density at radius 1 is 1.47 bits per heavy atom. The molecule has 1 aromatic heterocycles. The van der Waals surface area contributed by atoms with Crippen molar-refractivity contribution in [3.63, 3.8) is 0 Å². The minimum Gasteiger partial charge on any atom is -0.497 e. The Hall–Kier alpha value is -1.52. The van der Waals surface area contributed by atoms with Crippen molar-refractivity contribution in [2.24, 2.45) is 7.05 Å². The molecule has 0 saturated carbocycles. The summed E-state index contributed by atoms with van der Waals surface area (Å²) in [6.07, 6.45) is -0.217. The van der Waals surface area contributed by atoms with E-state index in [2.05, 4.69) is 5.10 Å². The molecule has 0 amide bonds. The van der Waals surface area contributed by atoms with Crippen LogP contribution >= 0.6 is 11.6 Å². The van der Waals surface area contributed by atoms with Crippen molar-refractivity contribution in [1.29, 1.82) is 0 Å². The van der Waals surface area contributed by atoms with Gasteiger partial charge in [-0.15, -0.1) is 0 Å². The Morgan fingerprint density at radius 3 is 2.79 bits per heavy atom. The minimum atomic E-state index is -0.637. The molecule has 0 radical (unpaired) electrons. The van der Waals surface area contributed by atoms with Crippen LogP contribution in [-0.4, -0.2) is 22.0 Å². The van der Waals surface area contributed by atoms with Crippen LogP contribution in [0.5, 0.6) is 5.75 Å². The first-order valence-electron chi connectivity index (χ1n) is 6.03. The van der Waals surface area contributed by atoms with Crippen LogP contribution in [0.2, 0.25) is 5.02 Å². The van der Waals surface area contributed by atoms with Gasteiger partial charge < -0.3 is 9.84 Å². The third-order valence-corrected chi connectivity index (χ3v) is 3.62. The lowest BCUT2D eigenvalue weighted by molar-refractivity contribution is 0.175. The minimum absolute atomic E-state index is 0.420. The standard InChI is InChI=1S/C14H17ClN2O2/c1-9-14(15)12(17(2)16-9)8-13(18)10-5-4-6-11(7-10)19-3/h4-7,13,18H,8H2,1-3H3. The molecule has 1 N–H and O–H groups in total. The molecule has 5 heteroatoms. The van der Waals surface area contributed by atoms with Crippen molar-refractivity contribution in [2.75, 3.05) is 7.11 Å². The maximum Gasteiger partial charge on any atom is 0.119 e. The molecule has 0 aliphatic rings. The number of ether oxygens (including phenoxy) is 1. The Labute approximate surface area is 117 Å². The first-order valence-corrected chi connectivity index (χ1v) is 6.40. The van der Waals surface area contributed by atoms with Crippen molar-refractivity contribution in [1.82, 2.24) is 9.78 Å². The second-order valence-corrected chi connectivity index (χ2v) is 4.84. The Balaban J connectivity index is 2.22. The molecule has 0 aliphatic carbocycles. The first kappa shape index (κ1) is 13.9. The van der Waals surface area contributed by atoms with Gasteiger partial charge in [0.05, 0.1) is 29.6 Å². The van der Waals surface area contributed by atoms with E-state index >= 15 is 0 Å². The van der Waals surface area contributed by atoms with E-state index in [0.29, 0.717) is 11.4 Å². The average molecular weight is 281 g/mol. The lowest BCUT2D eigenvalue weighted by atomic mass is 10.0. The molecule has 0 spiro atoms. The lowest BCUT2D eigenvalue weighted by Crippen LogP contribution is -2.07. The van der Waals surface area contributed by atoms with E-state index in [1.807, 2.05) is 38.2 Å². The topological polar surface area (TPSA) is 47.3 Å². The number of hydrogen-bond acceptors (Lipinski definition) is 3. The second kappa shape index (κ2) is 5.63. The predicted molar refractivity (Wildman–Crippen MR) is 74.6 cm³/mol. The summed E-state index contributed by atoms with van der Waals surface area (Å²) in [4.78, 5) is 0. The number of aliphatic hydroxyl groups excluding tert-OH is 1. The van der Waals surface area contributed by atoms with Crippen LogP contribution in [0, 0.1) is 6.92 Å². The van der Waals surface area contributed by atoms with Gasteiger partial charge in [-0.1, -0.05) is 23.7 Å². The van der Waals surface area contributed by atoms with Crippen molar-refractivity contribution in [2.45, 2.75) is 19.4 Å². The Kier molecular flexibility index (Phi) is 4.12. The summed E-state index contributed by atoms with van der Waals surface area (Å²) in [5.74, 6) is 0.726. The monoisotopic (exact) mass is 280 g/mol. The highest BCUT2D eigenvalue weighted by Gasteiger charge is 2.17. The van der Waals surface area contributed by atoms with Gasteiger partial charge >= 0.3 is 0 Å². The summed E-state index contributed by atoms with van der Waals surface area (Å²) in [5, 5.41) is 15.2. The predicted octanol–water partition coefficient (Wildman–Crippen LogP) is 2.67. The van der Waals surface area contributed by atoms with Gasteiger partial charge in [-0.2, -0.15) is 5.10 Å². The van der Waals surface area contributed by atoms with Crippen LogP contribution in [0.25, 0.3) is 0 Å². The summed E-state index contributed by atoms with van der Waals surface area (Å²) in [5.41, 5.74) is 2.40. The molecule has 2 rings (SSSR count). The summed E-state index contributed by atoms with van der Waals surface area (Å²) in [7, 11) is 3.43. The van der Waals surface area contributed by atoms with E-state index in [-0.39, 0.29) is 0 Å². The van der Waals surface area contributed by atoms with Gasteiger partial charge in [0.15, 0.2) is 0 Å². The number of nitrogens with zero attached hydrogens (tertiary/aromatic N) is 2. The molecule has 1 unspecified atom stereocenters. The highest BCUT2D eigenvalue weighted by molar-refractivity contribution is 6.31. The van der Waals surface area contributed by atoms with E-state index < -0.39 is 6.10 Å². The summed E-state index contributed by atoms with van der Waals surface area (Å²) < 4.78 is 6.86. The SMILES string of the molecule is COc1cccc(C(O)Cc2c(Cl)c(C)nn2C)c1. The van der Waals surface area contributed by atoms with Crippen molar-refractivity contribution in [3.05, 3.63) is 46.2 Å². The van der Waals surface area contributed by atoms with Gasteiger partial charge in [-0.25, -0.2) is 0 Å². The molecule has 0 saturated heterocycles. The zero-order valence-electron chi connectivity index (χ0n) is 11.2. The number of benzene rings is 1. The molecule has 1 atom stereocenters. The first-order chi connectivity index (χ1) is 9.02. The molecule has 0 bridgehead atoms. The van der Waals surface area contributed by atoms with Gasteiger partial charge in [0.1, 0.15) is 5.75 Å². The number of aryl methyl sites for hydroxylation is 2. The molecular formula is C14H17ClN2O2. The normalized spacial score (nSPS) is 12.5. The fourth-order valence-electron chi connectivity index (χ4n) is 2.05. The molecule has 4 nitrogen and oxygen atoms in total. The zero-order valence-corrected chi connectivity index (χ0v) is 12.0. The number of aliphatic hydroxyl groups is 1. The van der Waals surface area contributed by atoms with Gasteiger partial charge in [0.2, 0.25) is 0 Å². The zero-order chi connectivity index (χ0) is 14.0. The quantitative estimate of drug-likeness (QED) is 0.937. The van der Waals surface area contributed by atoms with Crippen LogP contribution in [0.15, 0.2) is 24.3 Å². The van der Waals surface area contributed by atoms with Crippen molar-refractivity contribution >= 4 is 11.6 Å². The van der Waals surface area contributed by atoms with E-state index in [1.165, 1.54) is 0 Å². The molecule has 19 heavy (non-hydrogen) atoms. The summed E-state index contributed by atoms with van der Waals surface area (Å²) in [6, 6.07) is 7.39. The number of rotatable bonds is 4. The second-order valence-electron chi connectivity index (χ2n) is 4.47. The fraction of sp³-hybridized carbons (Fsp3) is 0.357. The van der Waals surface area contributed by atoms with Crippen molar-refractivity contribution in [3.8, 4) is 5.75 Å². The van der Waals surface area contributed by atoms with E-state index in [9.17, 15) is 5.11 Å². The van der Waals surface area contributed by atoms with Crippen LogP contribution in [0.4, 0.5) is 0 Å². The van der Waals surface area contributed by atoms with Gasteiger partial charge in [0.25, 0.3) is 0 Å². The summed E-state index contributed by atoms with van der Waals surface area (Å²) >= 11 is 6.19. The molecule has 102 valence electrons. The highest BCUT2D eigenvalue weighted by atomic mass is 35.5. The van der Waals surface area contributed by atoms with E-state index in [1.54, 1.807) is 11.8 Å². The van der Waals surface area contributed by atoms with Gasteiger partial charge in [-0.05, 0) is 24.6 Å². The molecular weight excluding hydrogens is 264 g/mol. The van der Waals surface area contributed by atoms with Gasteiger partial charge in [-0.3, -0.25) is 4.68 Å². The third kappa shape index (κ3) is 2.91.